The molecule has 1 heterocycles. The van der Waals surface area contributed by atoms with Gasteiger partial charge in [0.05, 0.1) is 6.61 Å². The maximum absolute atomic E-state index is 13.3. The molecule has 186 valence electrons. The van der Waals surface area contributed by atoms with E-state index >= 15 is 0 Å². The number of esters is 1. The number of unbranched alkanes of at least 4 members (excludes halogenated alkanes) is 2. The third-order valence-electron chi connectivity index (χ3n) is 6.58. The summed E-state index contributed by atoms with van der Waals surface area (Å²) in [6.07, 6.45) is 9.91. The largest absolute Gasteiger partial charge is 0.491 e. The van der Waals surface area contributed by atoms with Crippen LogP contribution in [0.15, 0.2) is 24.3 Å². The van der Waals surface area contributed by atoms with Crippen LogP contribution in [0.1, 0.15) is 83.6 Å². The highest BCUT2D eigenvalue weighted by Crippen LogP contribution is 2.23. The fourth-order valence-corrected chi connectivity index (χ4v) is 4.35. The Balaban J connectivity index is 2.17. The Hall–Kier alpha value is -2.08. The fourth-order valence-electron chi connectivity index (χ4n) is 4.35. The van der Waals surface area contributed by atoms with E-state index < -0.39 is 6.04 Å². The van der Waals surface area contributed by atoms with Gasteiger partial charge in [-0.3, -0.25) is 4.79 Å². The summed E-state index contributed by atoms with van der Waals surface area (Å²) >= 11 is 0. The van der Waals surface area contributed by atoms with Gasteiger partial charge in [-0.1, -0.05) is 51.7 Å². The molecule has 0 spiro atoms. The lowest BCUT2D eigenvalue weighted by molar-refractivity contribution is -0.159. The minimum Gasteiger partial charge on any atom is -0.491 e. The molecule has 1 aliphatic rings. The van der Waals surface area contributed by atoms with E-state index in [0.717, 1.165) is 63.4 Å². The van der Waals surface area contributed by atoms with Gasteiger partial charge in [-0.15, -0.1) is 0 Å². The number of carbonyl (C=O) groups excluding carboxylic acids is 2. The summed E-state index contributed by atoms with van der Waals surface area (Å²) in [6, 6.07) is 6.81. The Morgan fingerprint density at radius 2 is 1.85 bits per heavy atom. The van der Waals surface area contributed by atoms with Crippen LogP contribution < -0.4 is 4.74 Å². The molecular formula is C27H43NO5. The standard InChI is InChI=1S/C27H43NO5/c1-4-5-6-10-24-15-12-21(2)9-7-8-11-26(30)28(3)25(27(31)33-24)20-22-13-16-23(17-14-22)32-19-18-29/h13-14,16-17,21,24-25,29H,4-12,15,18-20H2,1-3H3/t21-,24-,25+/m1/s1. The number of amides is 1. The first-order valence-electron chi connectivity index (χ1n) is 12.7. The van der Waals surface area contributed by atoms with E-state index in [1.165, 1.54) is 0 Å². The summed E-state index contributed by atoms with van der Waals surface area (Å²) < 4.78 is 11.5. The van der Waals surface area contributed by atoms with Crippen LogP contribution in [0.2, 0.25) is 0 Å². The second-order valence-corrected chi connectivity index (χ2v) is 9.42. The molecule has 1 aromatic carbocycles. The summed E-state index contributed by atoms with van der Waals surface area (Å²) in [5, 5.41) is 8.92. The minimum absolute atomic E-state index is 0.00529. The van der Waals surface area contributed by atoms with Crippen molar-refractivity contribution in [1.82, 2.24) is 4.90 Å². The first-order valence-corrected chi connectivity index (χ1v) is 12.7. The first-order chi connectivity index (χ1) is 15.9. The molecule has 0 radical (unpaired) electrons. The molecule has 1 fully saturated rings. The third kappa shape index (κ3) is 9.75. The number of likely N-dealkylation sites (N-methyl/N-ethyl adjacent to an activating group) is 1. The molecule has 33 heavy (non-hydrogen) atoms. The molecule has 1 N–H and O–H groups in total. The molecule has 1 saturated heterocycles. The van der Waals surface area contributed by atoms with Crippen molar-refractivity contribution in [2.24, 2.45) is 5.92 Å². The minimum atomic E-state index is -0.645. The van der Waals surface area contributed by atoms with E-state index in [9.17, 15) is 9.59 Å². The summed E-state index contributed by atoms with van der Waals surface area (Å²) in [6.45, 7) is 4.63. The number of rotatable bonds is 9. The van der Waals surface area contributed by atoms with Crippen molar-refractivity contribution in [1.29, 1.82) is 0 Å². The number of nitrogens with zero attached hydrogens (tertiary/aromatic N) is 1. The van der Waals surface area contributed by atoms with Crippen LogP contribution in [-0.4, -0.2) is 54.3 Å². The first kappa shape index (κ1) is 27.2. The lowest BCUT2D eigenvalue weighted by Crippen LogP contribution is -2.45. The van der Waals surface area contributed by atoms with E-state index in [2.05, 4.69) is 13.8 Å². The number of ether oxygens (including phenoxy) is 2. The summed E-state index contributed by atoms with van der Waals surface area (Å²) in [5.74, 6) is 0.933. The Labute approximate surface area is 199 Å². The van der Waals surface area contributed by atoms with Crippen LogP contribution in [0, 0.1) is 5.92 Å². The highest BCUT2D eigenvalue weighted by atomic mass is 16.5. The average Bonchev–Trinajstić information content (AvgIpc) is 2.82. The predicted octanol–water partition coefficient (Wildman–Crippen LogP) is 4.91. The molecule has 0 saturated carbocycles. The van der Waals surface area contributed by atoms with E-state index in [0.29, 0.717) is 24.5 Å². The van der Waals surface area contributed by atoms with Gasteiger partial charge in [-0.25, -0.2) is 4.79 Å². The number of carbonyl (C=O) groups is 2. The lowest BCUT2D eigenvalue weighted by atomic mass is 9.95. The van der Waals surface area contributed by atoms with Crippen molar-refractivity contribution in [2.75, 3.05) is 20.3 Å². The molecule has 2 rings (SSSR count). The van der Waals surface area contributed by atoms with Gasteiger partial charge in [-0.05, 0) is 55.7 Å². The second-order valence-electron chi connectivity index (χ2n) is 9.42. The van der Waals surface area contributed by atoms with Crippen molar-refractivity contribution in [3.8, 4) is 5.75 Å². The molecule has 6 heteroatoms. The van der Waals surface area contributed by atoms with Crippen molar-refractivity contribution >= 4 is 11.9 Å². The van der Waals surface area contributed by atoms with Crippen LogP contribution >= 0.6 is 0 Å². The highest BCUT2D eigenvalue weighted by molar-refractivity contribution is 5.84. The van der Waals surface area contributed by atoms with Gasteiger partial charge < -0.3 is 19.5 Å². The van der Waals surface area contributed by atoms with Crippen LogP contribution in [0.5, 0.6) is 5.75 Å². The number of hydrogen-bond donors (Lipinski definition) is 1. The highest BCUT2D eigenvalue weighted by Gasteiger charge is 2.30. The zero-order valence-electron chi connectivity index (χ0n) is 20.8. The zero-order valence-corrected chi connectivity index (χ0v) is 20.8. The molecule has 0 bridgehead atoms. The topological polar surface area (TPSA) is 76.1 Å². The smallest absolute Gasteiger partial charge is 0.329 e. The molecule has 1 amide bonds. The molecule has 3 atom stereocenters. The number of aliphatic hydroxyl groups excluding tert-OH is 1. The Morgan fingerprint density at radius 3 is 2.55 bits per heavy atom. The number of cyclic esters (lactones) is 1. The second kappa shape index (κ2) is 14.9. The molecule has 0 unspecified atom stereocenters. The monoisotopic (exact) mass is 461 g/mol. The van der Waals surface area contributed by atoms with E-state index in [1.54, 1.807) is 11.9 Å². The quantitative estimate of drug-likeness (QED) is 0.418. The zero-order chi connectivity index (χ0) is 24.1. The van der Waals surface area contributed by atoms with E-state index in [-0.39, 0.29) is 31.2 Å². The Kier molecular flexibility index (Phi) is 12.3. The summed E-state index contributed by atoms with van der Waals surface area (Å²) in [7, 11) is 1.72. The third-order valence-corrected chi connectivity index (χ3v) is 6.58. The number of hydrogen-bond acceptors (Lipinski definition) is 5. The van der Waals surface area contributed by atoms with Gasteiger partial charge >= 0.3 is 5.97 Å². The van der Waals surface area contributed by atoms with E-state index in [1.807, 2.05) is 24.3 Å². The van der Waals surface area contributed by atoms with Crippen LogP contribution in [0.3, 0.4) is 0 Å². The van der Waals surface area contributed by atoms with Crippen LogP contribution in [0.25, 0.3) is 0 Å². The van der Waals surface area contributed by atoms with Gasteiger partial charge in [0.2, 0.25) is 5.91 Å². The number of benzene rings is 1. The average molecular weight is 462 g/mol. The summed E-state index contributed by atoms with van der Waals surface area (Å²) in [5.41, 5.74) is 0.938. The lowest BCUT2D eigenvalue weighted by Gasteiger charge is -2.29. The van der Waals surface area contributed by atoms with Gasteiger partial charge in [0.15, 0.2) is 0 Å². The van der Waals surface area contributed by atoms with Gasteiger partial charge in [0, 0.05) is 19.9 Å². The maximum Gasteiger partial charge on any atom is 0.329 e. The summed E-state index contributed by atoms with van der Waals surface area (Å²) in [4.78, 5) is 27.8. The van der Waals surface area contributed by atoms with Crippen molar-refractivity contribution in [3.63, 3.8) is 0 Å². The van der Waals surface area contributed by atoms with E-state index in [4.69, 9.17) is 14.6 Å². The molecular weight excluding hydrogens is 418 g/mol. The normalized spacial score (nSPS) is 23.3. The van der Waals surface area contributed by atoms with Gasteiger partial charge in [0.1, 0.15) is 24.5 Å². The molecule has 0 aromatic heterocycles. The van der Waals surface area contributed by atoms with Crippen LogP contribution in [0.4, 0.5) is 0 Å². The van der Waals surface area contributed by atoms with Crippen molar-refractivity contribution in [2.45, 2.75) is 96.6 Å². The van der Waals surface area contributed by atoms with Gasteiger partial charge in [0.25, 0.3) is 0 Å². The maximum atomic E-state index is 13.3. The van der Waals surface area contributed by atoms with Crippen molar-refractivity contribution < 1.29 is 24.2 Å². The molecule has 1 aliphatic heterocycles. The SMILES string of the molecule is CCCCC[C@@H]1CC[C@H](C)CCCCC(=O)N(C)[C@@H](Cc2ccc(OCCO)cc2)C(=O)O1. The molecule has 6 nitrogen and oxygen atoms in total. The van der Waals surface area contributed by atoms with Crippen molar-refractivity contribution in [3.05, 3.63) is 29.8 Å². The Bertz CT molecular complexity index is 705. The predicted molar refractivity (Wildman–Crippen MR) is 130 cm³/mol. The Morgan fingerprint density at radius 1 is 1.09 bits per heavy atom. The fraction of sp³-hybridized carbons (Fsp3) is 0.704. The van der Waals surface area contributed by atoms with Crippen LogP contribution in [-0.2, 0) is 20.7 Å². The number of aliphatic hydroxyl groups is 1. The van der Waals surface area contributed by atoms with Gasteiger partial charge in [-0.2, -0.15) is 0 Å². The molecule has 0 aliphatic carbocycles. The molecule has 1 aromatic rings.